The molecule has 1 aliphatic rings. The molecule has 0 saturated carbocycles. The Balaban J connectivity index is 2.20. The van der Waals surface area contributed by atoms with Crippen LogP contribution in [0.2, 0.25) is 0 Å². The first-order valence-electron chi connectivity index (χ1n) is 7.02. The number of anilines is 1. The molecule has 1 unspecified atom stereocenters. The van der Waals surface area contributed by atoms with Crippen LogP contribution in [0.4, 0.5) is 5.69 Å². The summed E-state index contributed by atoms with van der Waals surface area (Å²) < 4.78 is 23.4. The molecule has 0 radical (unpaired) electrons. The summed E-state index contributed by atoms with van der Waals surface area (Å²) >= 11 is 0. The van der Waals surface area contributed by atoms with Gasteiger partial charge in [0.05, 0.1) is 23.4 Å². The maximum atomic E-state index is 11.7. The Morgan fingerprint density at radius 1 is 1.50 bits per heavy atom. The maximum absolute atomic E-state index is 11.7. The summed E-state index contributed by atoms with van der Waals surface area (Å²) in [4.78, 5) is 6.36. The highest BCUT2D eigenvalue weighted by Crippen LogP contribution is 2.24. The third-order valence-electron chi connectivity index (χ3n) is 3.57. The first-order valence-corrected chi connectivity index (χ1v) is 8.84. The van der Waals surface area contributed by atoms with Gasteiger partial charge in [-0.05, 0) is 18.6 Å². The molecular formula is C14H23N3O2S. The minimum Gasteiger partial charge on any atom is -0.365 e. The lowest BCUT2D eigenvalue weighted by Gasteiger charge is -2.36. The Kier molecular flexibility index (Phi) is 4.65. The predicted molar refractivity (Wildman–Crippen MR) is 81.7 cm³/mol. The number of nitrogens with zero attached hydrogens (tertiary/aromatic N) is 2. The molecular weight excluding hydrogens is 274 g/mol. The molecule has 0 aliphatic carbocycles. The Morgan fingerprint density at radius 3 is 2.90 bits per heavy atom. The Bertz CT molecular complexity index is 557. The van der Waals surface area contributed by atoms with Crippen molar-refractivity contribution >= 4 is 15.5 Å². The van der Waals surface area contributed by atoms with Gasteiger partial charge in [0.2, 0.25) is 0 Å². The van der Waals surface area contributed by atoms with Gasteiger partial charge < -0.3 is 10.2 Å². The molecule has 0 bridgehead atoms. The van der Waals surface area contributed by atoms with Crippen molar-refractivity contribution in [3.8, 4) is 0 Å². The normalized spacial score (nSPS) is 22.2. The van der Waals surface area contributed by atoms with Gasteiger partial charge in [-0.25, -0.2) is 8.42 Å². The van der Waals surface area contributed by atoms with Crippen molar-refractivity contribution in [3.05, 3.63) is 24.0 Å². The summed E-state index contributed by atoms with van der Waals surface area (Å²) in [5.41, 5.74) is 2.21. The van der Waals surface area contributed by atoms with E-state index in [0.717, 1.165) is 12.2 Å². The number of pyridine rings is 1. The minimum absolute atomic E-state index is 0.00394. The molecule has 0 amide bonds. The van der Waals surface area contributed by atoms with Gasteiger partial charge in [0.1, 0.15) is 0 Å². The third-order valence-corrected chi connectivity index (χ3v) is 5.36. The van der Waals surface area contributed by atoms with E-state index in [9.17, 15) is 8.42 Å². The van der Waals surface area contributed by atoms with Gasteiger partial charge in [-0.1, -0.05) is 13.8 Å². The fraction of sp³-hybridized carbons (Fsp3) is 0.643. The maximum Gasteiger partial charge on any atom is 0.154 e. The Labute approximate surface area is 121 Å². The summed E-state index contributed by atoms with van der Waals surface area (Å²) in [6, 6.07) is 2.41. The smallest absolute Gasteiger partial charge is 0.154 e. The van der Waals surface area contributed by atoms with E-state index in [-0.39, 0.29) is 17.5 Å². The van der Waals surface area contributed by atoms with Crippen molar-refractivity contribution in [1.29, 1.82) is 0 Å². The summed E-state index contributed by atoms with van der Waals surface area (Å²) in [7, 11) is -2.89. The lowest BCUT2D eigenvalue weighted by atomic mass is 10.1. The van der Waals surface area contributed by atoms with Gasteiger partial charge in [-0.15, -0.1) is 0 Å². The van der Waals surface area contributed by atoms with Gasteiger partial charge in [0.15, 0.2) is 9.84 Å². The van der Waals surface area contributed by atoms with Crippen molar-refractivity contribution in [2.45, 2.75) is 39.4 Å². The number of rotatable bonds is 4. The minimum atomic E-state index is -2.89. The zero-order valence-electron chi connectivity index (χ0n) is 12.3. The molecule has 1 aromatic heterocycles. The van der Waals surface area contributed by atoms with E-state index in [1.165, 1.54) is 5.56 Å². The number of sulfone groups is 1. The molecule has 2 rings (SSSR count). The van der Waals surface area contributed by atoms with Crippen LogP contribution in [-0.4, -0.2) is 43.5 Å². The van der Waals surface area contributed by atoms with E-state index in [1.807, 2.05) is 19.2 Å². The second-order valence-corrected chi connectivity index (χ2v) is 7.93. The molecule has 1 aliphatic heterocycles. The van der Waals surface area contributed by atoms with E-state index in [4.69, 9.17) is 0 Å². The van der Waals surface area contributed by atoms with Crippen LogP contribution in [0.15, 0.2) is 18.5 Å². The zero-order chi connectivity index (χ0) is 14.8. The van der Waals surface area contributed by atoms with Crippen LogP contribution in [0.25, 0.3) is 0 Å². The largest absolute Gasteiger partial charge is 0.365 e. The van der Waals surface area contributed by atoms with Crippen LogP contribution in [0.5, 0.6) is 0 Å². The third kappa shape index (κ3) is 3.70. The van der Waals surface area contributed by atoms with Crippen LogP contribution in [0.1, 0.15) is 26.3 Å². The first kappa shape index (κ1) is 15.3. The predicted octanol–water partition coefficient (Wildman–Crippen LogP) is 1.20. The molecule has 2 heterocycles. The van der Waals surface area contributed by atoms with Gasteiger partial charge in [-0.2, -0.15) is 0 Å². The van der Waals surface area contributed by atoms with Crippen LogP contribution in [0.3, 0.4) is 0 Å². The lowest BCUT2D eigenvalue weighted by Crippen LogP contribution is -2.47. The van der Waals surface area contributed by atoms with Crippen LogP contribution < -0.4 is 10.2 Å². The summed E-state index contributed by atoms with van der Waals surface area (Å²) in [6.45, 7) is 7.49. The molecule has 1 atom stereocenters. The average Bonchev–Trinajstić information content (AvgIpc) is 2.36. The molecule has 1 fully saturated rings. The van der Waals surface area contributed by atoms with Crippen molar-refractivity contribution in [2.24, 2.45) is 0 Å². The average molecular weight is 297 g/mol. The van der Waals surface area contributed by atoms with E-state index < -0.39 is 9.84 Å². The van der Waals surface area contributed by atoms with Crippen LogP contribution >= 0.6 is 0 Å². The van der Waals surface area contributed by atoms with Gasteiger partial charge in [0.25, 0.3) is 0 Å². The molecule has 6 heteroatoms. The van der Waals surface area contributed by atoms with E-state index >= 15 is 0 Å². The highest BCUT2D eigenvalue weighted by Gasteiger charge is 2.29. The fourth-order valence-corrected chi connectivity index (χ4v) is 4.05. The monoisotopic (exact) mass is 297 g/mol. The molecule has 1 aromatic rings. The second kappa shape index (κ2) is 6.10. The molecule has 1 N–H and O–H groups in total. The van der Waals surface area contributed by atoms with Crippen molar-refractivity contribution < 1.29 is 8.42 Å². The Hall–Kier alpha value is -1.14. The summed E-state index contributed by atoms with van der Waals surface area (Å²) in [6.07, 6.45) is 3.62. The van der Waals surface area contributed by atoms with Crippen molar-refractivity contribution in [3.63, 3.8) is 0 Å². The molecule has 20 heavy (non-hydrogen) atoms. The zero-order valence-corrected chi connectivity index (χ0v) is 13.2. The van der Waals surface area contributed by atoms with Crippen molar-refractivity contribution in [2.75, 3.05) is 23.0 Å². The van der Waals surface area contributed by atoms with Crippen molar-refractivity contribution in [1.82, 2.24) is 10.3 Å². The molecule has 0 aromatic carbocycles. The van der Waals surface area contributed by atoms with Gasteiger partial charge in [-0.3, -0.25) is 4.98 Å². The number of hydrogen-bond acceptors (Lipinski definition) is 5. The SMILES string of the molecule is CC(C)NCc1ccncc1N1CCS(=O)(=O)CC1C. The molecule has 1 saturated heterocycles. The number of nitrogens with one attached hydrogen (secondary N) is 1. The number of hydrogen-bond donors (Lipinski definition) is 1. The quantitative estimate of drug-likeness (QED) is 0.905. The van der Waals surface area contributed by atoms with Crippen LogP contribution in [0, 0.1) is 0 Å². The van der Waals surface area contributed by atoms with E-state index in [1.54, 1.807) is 6.20 Å². The van der Waals surface area contributed by atoms with Gasteiger partial charge in [0, 0.05) is 31.4 Å². The number of aromatic nitrogens is 1. The fourth-order valence-electron chi connectivity index (χ4n) is 2.49. The van der Waals surface area contributed by atoms with E-state index in [0.29, 0.717) is 12.6 Å². The first-order chi connectivity index (χ1) is 9.39. The molecule has 0 spiro atoms. The highest BCUT2D eigenvalue weighted by atomic mass is 32.2. The van der Waals surface area contributed by atoms with E-state index in [2.05, 4.69) is 29.0 Å². The summed E-state index contributed by atoms with van der Waals surface area (Å²) in [5, 5.41) is 3.40. The topological polar surface area (TPSA) is 62.3 Å². The second-order valence-electron chi connectivity index (χ2n) is 5.70. The van der Waals surface area contributed by atoms with Gasteiger partial charge >= 0.3 is 0 Å². The van der Waals surface area contributed by atoms with Crippen LogP contribution in [-0.2, 0) is 16.4 Å². The lowest BCUT2D eigenvalue weighted by molar-refractivity contribution is 0.564. The standard InChI is InChI=1S/C14H23N3O2S/c1-11(2)16-8-13-4-5-15-9-14(13)17-6-7-20(18,19)10-12(17)3/h4-5,9,11-12,16H,6-8,10H2,1-3H3. The molecule has 112 valence electrons. The Morgan fingerprint density at radius 2 is 2.25 bits per heavy atom. The molecule has 5 nitrogen and oxygen atoms in total. The summed E-state index contributed by atoms with van der Waals surface area (Å²) in [5.74, 6) is 0.447. The highest BCUT2D eigenvalue weighted by molar-refractivity contribution is 7.91.